The van der Waals surface area contributed by atoms with Crippen LogP contribution in [-0.4, -0.2) is 48.6 Å². The van der Waals surface area contributed by atoms with Crippen molar-refractivity contribution in [3.63, 3.8) is 0 Å². The summed E-state index contributed by atoms with van der Waals surface area (Å²) in [7, 11) is 0. The molecule has 0 saturated carbocycles. The van der Waals surface area contributed by atoms with Gasteiger partial charge in [0.2, 0.25) is 5.91 Å². The summed E-state index contributed by atoms with van der Waals surface area (Å²) in [6.45, 7) is 7.96. The van der Waals surface area contributed by atoms with Gasteiger partial charge in [-0.1, -0.05) is 18.2 Å². The average molecular weight is 332 g/mol. The van der Waals surface area contributed by atoms with E-state index in [1.807, 2.05) is 26.0 Å². The molecule has 6 nitrogen and oxygen atoms in total. The predicted molar refractivity (Wildman–Crippen MR) is 96.1 cm³/mol. The molecule has 1 aliphatic heterocycles. The lowest BCUT2D eigenvalue weighted by atomic mass is 10.0. The number of imide groups is 1. The Hall–Kier alpha value is -2.08. The number of carbonyl (C=O) groups is 2. The molecule has 1 unspecified atom stereocenters. The van der Waals surface area contributed by atoms with Gasteiger partial charge in [-0.15, -0.1) is 0 Å². The molecule has 0 bridgehead atoms. The first-order valence-corrected chi connectivity index (χ1v) is 8.66. The number of carbonyl (C=O) groups excluding carboxylic acids is 2. The van der Waals surface area contributed by atoms with E-state index in [1.165, 1.54) is 11.3 Å². The fourth-order valence-electron chi connectivity index (χ4n) is 2.97. The Bertz CT molecular complexity index is 568. The van der Waals surface area contributed by atoms with Crippen LogP contribution >= 0.6 is 0 Å². The van der Waals surface area contributed by atoms with Crippen LogP contribution in [0.2, 0.25) is 0 Å². The van der Waals surface area contributed by atoms with Crippen LogP contribution in [0.3, 0.4) is 0 Å². The molecular weight excluding hydrogens is 304 g/mol. The summed E-state index contributed by atoms with van der Waals surface area (Å²) in [5.41, 5.74) is 2.42. The smallest absolute Gasteiger partial charge is 0.321 e. The van der Waals surface area contributed by atoms with E-state index < -0.39 is 6.03 Å². The highest BCUT2D eigenvalue weighted by atomic mass is 16.2. The largest absolute Gasteiger partial charge is 0.382 e. The first-order valence-electron chi connectivity index (χ1n) is 8.66. The van der Waals surface area contributed by atoms with Gasteiger partial charge < -0.3 is 10.6 Å². The van der Waals surface area contributed by atoms with Crippen molar-refractivity contribution >= 4 is 17.6 Å². The molecule has 1 aliphatic rings. The molecule has 3 amide bonds. The van der Waals surface area contributed by atoms with Gasteiger partial charge in [-0.25, -0.2) is 4.79 Å². The summed E-state index contributed by atoms with van der Waals surface area (Å²) in [5, 5.41) is 8.56. The Morgan fingerprint density at radius 3 is 2.54 bits per heavy atom. The number of aryl methyl sites for hydroxylation is 1. The molecule has 6 heteroatoms. The highest BCUT2D eigenvalue weighted by Crippen LogP contribution is 2.20. The maximum absolute atomic E-state index is 12.1. The number of nitrogens with one attached hydrogen (secondary N) is 3. The number of hydrogen-bond acceptors (Lipinski definition) is 4. The highest BCUT2D eigenvalue weighted by Gasteiger charge is 2.27. The third kappa shape index (κ3) is 4.96. The van der Waals surface area contributed by atoms with E-state index in [0.717, 1.165) is 25.9 Å². The van der Waals surface area contributed by atoms with Crippen molar-refractivity contribution in [2.75, 3.05) is 25.0 Å². The number of urea groups is 1. The molecule has 2 rings (SSSR count). The lowest BCUT2D eigenvalue weighted by Crippen LogP contribution is -2.52. The molecular formula is C18H28N4O2. The average Bonchev–Trinajstić information content (AvgIpc) is 2.57. The summed E-state index contributed by atoms with van der Waals surface area (Å²) >= 11 is 0. The van der Waals surface area contributed by atoms with E-state index in [1.54, 1.807) is 0 Å². The Morgan fingerprint density at radius 1 is 1.25 bits per heavy atom. The Labute approximate surface area is 144 Å². The summed E-state index contributed by atoms with van der Waals surface area (Å²) in [4.78, 5) is 25.7. The first kappa shape index (κ1) is 18.3. The van der Waals surface area contributed by atoms with Gasteiger partial charge in [-0.3, -0.25) is 15.0 Å². The van der Waals surface area contributed by atoms with Gasteiger partial charge >= 0.3 is 6.03 Å². The molecule has 132 valence electrons. The number of benzene rings is 1. The highest BCUT2D eigenvalue weighted by molar-refractivity contribution is 5.96. The van der Waals surface area contributed by atoms with Crippen LogP contribution in [0.15, 0.2) is 24.3 Å². The fraction of sp³-hybridized carbons (Fsp3) is 0.556. The zero-order valence-electron chi connectivity index (χ0n) is 14.8. The molecule has 0 radical (unpaired) electrons. The minimum absolute atomic E-state index is 0.244. The number of rotatable bonds is 5. The summed E-state index contributed by atoms with van der Waals surface area (Å²) in [5.74, 6) is -0.244. The van der Waals surface area contributed by atoms with E-state index in [-0.39, 0.29) is 11.9 Å². The number of likely N-dealkylation sites (tertiary alicyclic amines) is 1. The van der Waals surface area contributed by atoms with Crippen LogP contribution in [0.25, 0.3) is 0 Å². The minimum Gasteiger partial charge on any atom is -0.382 e. The van der Waals surface area contributed by atoms with Gasteiger partial charge in [-0.05, 0) is 45.2 Å². The predicted octanol–water partition coefficient (Wildman–Crippen LogP) is 2.11. The number of anilines is 1. The van der Waals surface area contributed by atoms with E-state index >= 15 is 0 Å². The van der Waals surface area contributed by atoms with Crippen molar-refractivity contribution in [2.24, 2.45) is 0 Å². The second-order valence-electron chi connectivity index (χ2n) is 6.29. The fourth-order valence-corrected chi connectivity index (χ4v) is 2.97. The van der Waals surface area contributed by atoms with Crippen molar-refractivity contribution in [3.8, 4) is 0 Å². The van der Waals surface area contributed by atoms with Crippen LogP contribution in [0, 0.1) is 6.92 Å². The molecule has 1 saturated heterocycles. The first-order chi connectivity index (χ1) is 11.5. The van der Waals surface area contributed by atoms with Crippen molar-refractivity contribution in [1.82, 2.24) is 15.5 Å². The Morgan fingerprint density at radius 2 is 1.92 bits per heavy atom. The molecule has 0 aliphatic carbocycles. The van der Waals surface area contributed by atoms with Gasteiger partial charge in [0.05, 0.1) is 6.04 Å². The number of nitrogens with zero attached hydrogens (tertiary/aromatic N) is 1. The van der Waals surface area contributed by atoms with Crippen molar-refractivity contribution < 1.29 is 9.59 Å². The monoisotopic (exact) mass is 332 g/mol. The third-order valence-electron chi connectivity index (χ3n) is 4.54. The normalized spacial score (nSPS) is 17.1. The van der Waals surface area contributed by atoms with Crippen molar-refractivity contribution in [2.45, 2.75) is 45.7 Å². The van der Waals surface area contributed by atoms with Crippen LogP contribution in [-0.2, 0) is 4.79 Å². The van der Waals surface area contributed by atoms with Crippen molar-refractivity contribution in [1.29, 1.82) is 0 Å². The second-order valence-corrected chi connectivity index (χ2v) is 6.29. The lowest BCUT2D eigenvalue weighted by molar-refractivity contribution is -0.125. The molecule has 1 atom stereocenters. The van der Waals surface area contributed by atoms with Gasteiger partial charge in [0.15, 0.2) is 0 Å². The summed E-state index contributed by atoms with van der Waals surface area (Å²) < 4.78 is 0. The van der Waals surface area contributed by atoms with Crippen LogP contribution in [0.1, 0.15) is 32.3 Å². The summed E-state index contributed by atoms with van der Waals surface area (Å²) in [6.07, 6.45) is 1.96. The van der Waals surface area contributed by atoms with E-state index in [2.05, 4.69) is 39.9 Å². The van der Waals surface area contributed by atoms with Crippen LogP contribution < -0.4 is 16.0 Å². The van der Waals surface area contributed by atoms with Gasteiger partial charge in [0.1, 0.15) is 0 Å². The number of para-hydroxylation sites is 1. The summed E-state index contributed by atoms with van der Waals surface area (Å²) in [6, 6.07) is 7.98. The maximum atomic E-state index is 12.1. The molecule has 1 aromatic carbocycles. The Kier molecular flexibility index (Phi) is 6.61. The van der Waals surface area contributed by atoms with Crippen LogP contribution in [0.4, 0.5) is 10.5 Å². The van der Waals surface area contributed by atoms with Crippen LogP contribution in [0.5, 0.6) is 0 Å². The topological polar surface area (TPSA) is 73.5 Å². The standard InChI is InChI=1S/C18H28N4O2/c1-4-19-18(24)21-17(23)14(3)22-11-9-15(10-12-22)20-16-8-6-5-7-13(16)2/h5-8,14-15,20H,4,9-12H2,1-3H3,(H2,19,21,23,24). The zero-order chi connectivity index (χ0) is 17.5. The molecule has 24 heavy (non-hydrogen) atoms. The quantitative estimate of drug-likeness (QED) is 0.772. The SMILES string of the molecule is CCNC(=O)NC(=O)C(C)N1CCC(Nc2ccccc2C)CC1. The molecule has 1 fully saturated rings. The third-order valence-corrected chi connectivity index (χ3v) is 4.54. The molecule has 0 aromatic heterocycles. The lowest BCUT2D eigenvalue weighted by Gasteiger charge is -2.36. The van der Waals surface area contributed by atoms with Crippen molar-refractivity contribution in [3.05, 3.63) is 29.8 Å². The van der Waals surface area contributed by atoms with Gasteiger partial charge in [0, 0.05) is 31.4 Å². The molecule has 3 N–H and O–H groups in total. The number of hydrogen-bond donors (Lipinski definition) is 3. The molecule has 1 heterocycles. The van der Waals surface area contributed by atoms with E-state index in [4.69, 9.17) is 0 Å². The second kappa shape index (κ2) is 8.68. The Balaban J connectivity index is 1.80. The maximum Gasteiger partial charge on any atom is 0.321 e. The van der Waals surface area contributed by atoms with Gasteiger partial charge in [-0.2, -0.15) is 0 Å². The number of piperidine rings is 1. The van der Waals surface area contributed by atoms with Gasteiger partial charge in [0.25, 0.3) is 0 Å². The van der Waals surface area contributed by atoms with E-state index in [0.29, 0.717) is 12.6 Å². The zero-order valence-corrected chi connectivity index (χ0v) is 14.8. The molecule has 1 aromatic rings. The molecule has 0 spiro atoms. The minimum atomic E-state index is -0.426. The van der Waals surface area contributed by atoms with E-state index in [9.17, 15) is 9.59 Å². The number of amides is 3.